The van der Waals surface area contributed by atoms with E-state index in [1.165, 1.54) is 71.3 Å². The smallest absolute Gasteiger partial charge is 0.159 e. The Labute approximate surface area is 279 Å². The molecule has 0 saturated carbocycles. The summed E-state index contributed by atoms with van der Waals surface area (Å²) in [4.78, 5) is 9.93. The molecule has 2 heterocycles. The SMILES string of the molecule is C=CC.c1ccc(-n2c3ccccc3c3ccc(-c4ccc5cc(-c6ncc7c(n6)-c6cccc8cccc-7c68)ccc5c4)cc32)cc1. The summed E-state index contributed by atoms with van der Waals surface area (Å²) in [6.07, 6.45) is 3.74. The summed E-state index contributed by atoms with van der Waals surface area (Å²) in [5.74, 6) is 0.753. The molecule has 9 aromatic rings. The zero-order chi connectivity index (χ0) is 32.2. The van der Waals surface area contributed by atoms with Crippen LogP contribution >= 0.6 is 0 Å². The fraction of sp³-hybridized carbons (Fsp3) is 0.0222. The average molecular weight is 614 g/mol. The van der Waals surface area contributed by atoms with Crippen LogP contribution in [0.5, 0.6) is 0 Å². The lowest BCUT2D eigenvalue weighted by atomic mass is 9.98. The van der Waals surface area contributed by atoms with Crippen LogP contribution in [0.4, 0.5) is 0 Å². The highest BCUT2D eigenvalue weighted by Crippen LogP contribution is 2.46. The minimum atomic E-state index is 0.753. The van der Waals surface area contributed by atoms with E-state index in [2.05, 4.69) is 157 Å². The molecule has 3 nitrogen and oxygen atoms in total. The summed E-state index contributed by atoms with van der Waals surface area (Å²) in [6.45, 7) is 5.25. The maximum Gasteiger partial charge on any atom is 0.159 e. The fourth-order valence-corrected chi connectivity index (χ4v) is 7.26. The summed E-state index contributed by atoms with van der Waals surface area (Å²) in [5.41, 5.74) is 11.6. The van der Waals surface area contributed by atoms with Crippen molar-refractivity contribution >= 4 is 43.4 Å². The van der Waals surface area contributed by atoms with Gasteiger partial charge in [-0.1, -0.05) is 115 Å². The van der Waals surface area contributed by atoms with E-state index in [0.717, 1.165) is 22.6 Å². The molecule has 0 aliphatic heterocycles. The predicted octanol–water partition coefficient (Wildman–Crippen LogP) is 12.1. The number of benzene rings is 7. The molecule has 1 aliphatic rings. The van der Waals surface area contributed by atoms with Gasteiger partial charge in [0.05, 0.1) is 16.7 Å². The topological polar surface area (TPSA) is 30.7 Å². The lowest BCUT2D eigenvalue weighted by Gasteiger charge is -2.10. The Kier molecular flexibility index (Phi) is 6.51. The van der Waals surface area contributed by atoms with Crippen LogP contribution in [0.15, 0.2) is 164 Å². The zero-order valence-electron chi connectivity index (χ0n) is 26.6. The molecule has 0 amide bonds. The molecule has 0 saturated heterocycles. The summed E-state index contributed by atoms with van der Waals surface area (Å²) in [6, 6.07) is 52.3. The Hall–Kier alpha value is -6.32. The highest BCUT2D eigenvalue weighted by atomic mass is 15.0. The lowest BCUT2D eigenvalue weighted by Crippen LogP contribution is -1.93. The Bertz CT molecular complexity index is 2690. The molecule has 10 rings (SSSR count). The van der Waals surface area contributed by atoms with Crippen molar-refractivity contribution < 1.29 is 0 Å². The van der Waals surface area contributed by atoms with Crippen molar-refractivity contribution in [2.75, 3.05) is 0 Å². The third kappa shape index (κ3) is 4.36. The van der Waals surface area contributed by atoms with Crippen LogP contribution in [0.1, 0.15) is 6.92 Å². The zero-order valence-corrected chi connectivity index (χ0v) is 26.6. The molecule has 48 heavy (non-hydrogen) atoms. The van der Waals surface area contributed by atoms with E-state index >= 15 is 0 Å². The van der Waals surface area contributed by atoms with E-state index in [4.69, 9.17) is 9.97 Å². The second-order valence-corrected chi connectivity index (χ2v) is 12.3. The third-order valence-corrected chi connectivity index (χ3v) is 9.36. The molecular formula is C45H31N3. The maximum atomic E-state index is 5.10. The number of rotatable bonds is 3. The van der Waals surface area contributed by atoms with Gasteiger partial charge in [-0.2, -0.15) is 0 Å². The molecule has 0 unspecified atom stereocenters. The van der Waals surface area contributed by atoms with Crippen molar-refractivity contribution in [2.45, 2.75) is 6.92 Å². The van der Waals surface area contributed by atoms with Gasteiger partial charge in [0.2, 0.25) is 0 Å². The Morgan fingerprint density at radius 1 is 0.542 bits per heavy atom. The molecule has 1 aliphatic carbocycles. The van der Waals surface area contributed by atoms with Crippen molar-refractivity contribution in [1.29, 1.82) is 0 Å². The molecule has 0 N–H and O–H groups in total. The number of allylic oxidation sites excluding steroid dienone is 1. The van der Waals surface area contributed by atoms with Gasteiger partial charge in [0.25, 0.3) is 0 Å². The highest BCUT2D eigenvalue weighted by Gasteiger charge is 2.23. The molecule has 7 aromatic carbocycles. The minimum Gasteiger partial charge on any atom is -0.309 e. The van der Waals surface area contributed by atoms with Gasteiger partial charge >= 0.3 is 0 Å². The molecule has 3 heteroatoms. The van der Waals surface area contributed by atoms with Crippen molar-refractivity contribution in [3.8, 4) is 50.6 Å². The summed E-state index contributed by atoms with van der Waals surface area (Å²) in [5, 5.41) is 7.41. The van der Waals surface area contributed by atoms with Crippen molar-refractivity contribution in [3.63, 3.8) is 0 Å². The largest absolute Gasteiger partial charge is 0.309 e. The summed E-state index contributed by atoms with van der Waals surface area (Å²) < 4.78 is 2.37. The molecule has 2 aromatic heterocycles. The molecule has 0 spiro atoms. The van der Waals surface area contributed by atoms with E-state index in [9.17, 15) is 0 Å². The van der Waals surface area contributed by atoms with Gasteiger partial charge in [0.15, 0.2) is 5.82 Å². The number of para-hydroxylation sites is 2. The monoisotopic (exact) mass is 613 g/mol. The van der Waals surface area contributed by atoms with Gasteiger partial charge in [-0.25, -0.2) is 9.97 Å². The Balaban J connectivity index is 0.00000101. The predicted molar refractivity (Wildman–Crippen MR) is 203 cm³/mol. The number of nitrogens with zero attached hydrogens (tertiary/aromatic N) is 3. The first-order valence-electron chi connectivity index (χ1n) is 16.3. The average Bonchev–Trinajstić information content (AvgIpc) is 3.65. The van der Waals surface area contributed by atoms with Crippen LogP contribution in [0.3, 0.4) is 0 Å². The molecule has 0 atom stereocenters. The van der Waals surface area contributed by atoms with Gasteiger partial charge in [0.1, 0.15) is 0 Å². The number of fused-ring (bicyclic) bond motifs is 7. The molecule has 0 bridgehead atoms. The molecular weight excluding hydrogens is 583 g/mol. The van der Waals surface area contributed by atoms with Gasteiger partial charge in [0, 0.05) is 39.3 Å². The fourth-order valence-electron chi connectivity index (χ4n) is 7.26. The minimum absolute atomic E-state index is 0.753. The van der Waals surface area contributed by atoms with Crippen molar-refractivity contribution in [3.05, 3.63) is 164 Å². The number of hydrogen-bond acceptors (Lipinski definition) is 2. The first-order chi connectivity index (χ1) is 23.7. The summed E-state index contributed by atoms with van der Waals surface area (Å²) >= 11 is 0. The van der Waals surface area contributed by atoms with E-state index in [0.29, 0.717) is 0 Å². The first-order valence-corrected chi connectivity index (χ1v) is 16.3. The van der Waals surface area contributed by atoms with Crippen LogP contribution < -0.4 is 0 Å². The molecule has 0 fully saturated rings. The van der Waals surface area contributed by atoms with Gasteiger partial charge in [-0.3, -0.25) is 0 Å². The van der Waals surface area contributed by atoms with Crippen molar-refractivity contribution in [1.82, 2.24) is 14.5 Å². The van der Waals surface area contributed by atoms with E-state index < -0.39 is 0 Å². The molecule has 226 valence electrons. The first kappa shape index (κ1) is 27.9. The second-order valence-electron chi connectivity index (χ2n) is 12.3. The summed E-state index contributed by atoms with van der Waals surface area (Å²) in [7, 11) is 0. The highest BCUT2D eigenvalue weighted by molar-refractivity contribution is 6.14. The second kappa shape index (κ2) is 11.2. The van der Waals surface area contributed by atoms with Crippen molar-refractivity contribution in [2.24, 2.45) is 0 Å². The van der Waals surface area contributed by atoms with E-state index in [1.54, 1.807) is 6.08 Å². The standard InChI is InChI=1S/C42H25N3.C3H6/c1-2-10-32(11-3-1)45-38-15-5-4-12-33(38)34-21-20-30(24-39(34)45)28-16-17-29-23-31(19-18-27(29)22-28)42-43-25-37-35-13-6-8-26-9-7-14-36(40(26)35)41(37)44-42;1-3-2/h1-25H;3H,1H2,2H3. The van der Waals surface area contributed by atoms with Crippen LogP contribution in [-0.4, -0.2) is 14.5 Å². The number of aromatic nitrogens is 3. The van der Waals surface area contributed by atoms with Crippen LogP contribution in [0.2, 0.25) is 0 Å². The van der Waals surface area contributed by atoms with Gasteiger partial charge in [-0.05, 0) is 81.6 Å². The van der Waals surface area contributed by atoms with Crippen LogP contribution in [0, 0.1) is 0 Å². The maximum absolute atomic E-state index is 5.10. The quantitative estimate of drug-likeness (QED) is 0.186. The van der Waals surface area contributed by atoms with Crippen LogP contribution in [0.25, 0.3) is 93.9 Å². The van der Waals surface area contributed by atoms with Crippen LogP contribution in [-0.2, 0) is 0 Å². The lowest BCUT2D eigenvalue weighted by molar-refractivity contribution is 1.18. The van der Waals surface area contributed by atoms with E-state index in [1.807, 2.05) is 13.1 Å². The number of hydrogen-bond donors (Lipinski definition) is 0. The van der Waals surface area contributed by atoms with Gasteiger partial charge < -0.3 is 4.57 Å². The normalized spacial score (nSPS) is 11.5. The van der Waals surface area contributed by atoms with Gasteiger partial charge in [-0.15, -0.1) is 6.58 Å². The third-order valence-electron chi connectivity index (χ3n) is 9.36. The Morgan fingerprint density at radius 2 is 1.19 bits per heavy atom. The van der Waals surface area contributed by atoms with E-state index in [-0.39, 0.29) is 0 Å². The Morgan fingerprint density at radius 3 is 2.00 bits per heavy atom. The molecule has 0 radical (unpaired) electrons.